The third-order valence-corrected chi connectivity index (χ3v) is 6.87. The van der Waals surface area contributed by atoms with Crippen LogP contribution in [0.4, 0.5) is 4.79 Å². The van der Waals surface area contributed by atoms with E-state index in [0.29, 0.717) is 12.8 Å². The van der Waals surface area contributed by atoms with Gasteiger partial charge in [-0.05, 0) is 47.2 Å². The summed E-state index contributed by atoms with van der Waals surface area (Å²) in [7, 11) is 0. The standard InChI is InChI=1S/C27H27N3O5/c31-25(29-18-12-16(13-18)26(32)33)24(14-17-6-5-11-28-17)30-27(34)35-15-23-21-9-3-1-7-19(21)20-8-2-4-10-22(20)23/h1-11,16,18,23-24,28H,12-15H2,(H,29,31)(H,30,34)(H,32,33). The summed E-state index contributed by atoms with van der Waals surface area (Å²) in [4.78, 5) is 39.8. The van der Waals surface area contributed by atoms with Crippen LogP contribution in [-0.4, -0.2) is 46.8 Å². The number of ether oxygens (including phenoxy) is 1. The lowest BCUT2D eigenvalue weighted by atomic mass is 9.80. The minimum Gasteiger partial charge on any atom is -0.481 e. The topological polar surface area (TPSA) is 121 Å². The number of alkyl carbamates (subject to hydrolysis) is 1. The van der Waals surface area contributed by atoms with Crippen molar-refractivity contribution in [2.24, 2.45) is 5.92 Å². The number of nitrogens with one attached hydrogen (secondary N) is 3. The molecule has 0 aliphatic heterocycles. The number of aromatic amines is 1. The Hall–Kier alpha value is -4.07. The van der Waals surface area contributed by atoms with E-state index in [-0.39, 0.29) is 30.9 Å². The second-order valence-corrected chi connectivity index (χ2v) is 9.13. The van der Waals surface area contributed by atoms with Crippen LogP contribution in [0.3, 0.4) is 0 Å². The molecule has 2 aliphatic carbocycles. The molecule has 1 heterocycles. The van der Waals surface area contributed by atoms with Crippen LogP contribution in [0.15, 0.2) is 66.9 Å². The fourth-order valence-electron chi connectivity index (χ4n) is 4.95. The Kier molecular flexibility index (Phi) is 6.27. The van der Waals surface area contributed by atoms with E-state index in [1.165, 1.54) is 0 Å². The van der Waals surface area contributed by atoms with Crippen LogP contribution in [0.1, 0.15) is 35.6 Å². The predicted molar refractivity (Wildman–Crippen MR) is 129 cm³/mol. The maximum Gasteiger partial charge on any atom is 0.407 e. The molecule has 2 aliphatic rings. The number of aromatic nitrogens is 1. The molecule has 0 spiro atoms. The fraction of sp³-hybridized carbons (Fsp3) is 0.296. The van der Waals surface area contributed by atoms with Crippen molar-refractivity contribution in [3.05, 3.63) is 83.7 Å². The maximum absolute atomic E-state index is 12.9. The maximum atomic E-state index is 12.9. The van der Waals surface area contributed by atoms with Crippen LogP contribution >= 0.6 is 0 Å². The Morgan fingerprint density at radius 1 is 0.971 bits per heavy atom. The van der Waals surface area contributed by atoms with Crippen molar-refractivity contribution in [3.8, 4) is 11.1 Å². The number of carbonyl (C=O) groups excluding carboxylic acids is 2. The van der Waals surface area contributed by atoms with Crippen LogP contribution < -0.4 is 10.6 Å². The van der Waals surface area contributed by atoms with Gasteiger partial charge >= 0.3 is 12.1 Å². The molecule has 0 radical (unpaired) electrons. The Balaban J connectivity index is 1.23. The second-order valence-electron chi connectivity index (χ2n) is 9.13. The number of carboxylic acid groups (broad SMARTS) is 1. The summed E-state index contributed by atoms with van der Waals surface area (Å²) in [5.41, 5.74) is 5.30. The van der Waals surface area contributed by atoms with Gasteiger partial charge in [0.05, 0.1) is 5.92 Å². The lowest BCUT2D eigenvalue weighted by Crippen LogP contribution is -2.54. The smallest absolute Gasteiger partial charge is 0.407 e. The molecule has 3 aromatic rings. The zero-order chi connectivity index (χ0) is 24.4. The van der Waals surface area contributed by atoms with E-state index >= 15 is 0 Å². The van der Waals surface area contributed by atoms with Crippen molar-refractivity contribution in [2.45, 2.75) is 37.3 Å². The van der Waals surface area contributed by atoms with E-state index in [4.69, 9.17) is 9.84 Å². The molecule has 5 rings (SSSR count). The number of H-pyrrole nitrogens is 1. The van der Waals surface area contributed by atoms with Crippen LogP contribution in [0, 0.1) is 5.92 Å². The van der Waals surface area contributed by atoms with E-state index in [2.05, 4.69) is 27.8 Å². The van der Waals surface area contributed by atoms with Crippen LogP contribution in [0.25, 0.3) is 11.1 Å². The zero-order valence-electron chi connectivity index (χ0n) is 19.1. The van der Waals surface area contributed by atoms with Crippen molar-refractivity contribution < 1.29 is 24.2 Å². The molecule has 2 amide bonds. The van der Waals surface area contributed by atoms with Crippen LogP contribution in [-0.2, 0) is 20.7 Å². The highest BCUT2D eigenvalue weighted by molar-refractivity contribution is 5.86. The van der Waals surface area contributed by atoms with Crippen LogP contribution in [0.5, 0.6) is 0 Å². The van der Waals surface area contributed by atoms with Gasteiger partial charge in [-0.2, -0.15) is 0 Å². The number of hydrogen-bond donors (Lipinski definition) is 4. The average Bonchev–Trinajstić information content (AvgIpc) is 3.45. The Morgan fingerprint density at radius 2 is 1.63 bits per heavy atom. The number of amides is 2. The highest BCUT2D eigenvalue weighted by Crippen LogP contribution is 2.44. The molecule has 1 aromatic heterocycles. The number of aliphatic carboxylic acids is 1. The van der Waals surface area contributed by atoms with E-state index in [9.17, 15) is 14.4 Å². The first-order valence-electron chi connectivity index (χ1n) is 11.8. The molecule has 1 atom stereocenters. The van der Waals surface area contributed by atoms with Crippen molar-refractivity contribution >= 4 is 18.0 Å². The second kappa shape index (κ2) is 9.66. The highest BCUT2D eigenvalue weighted by atomic mass is 16.5. The number of carbonyl (C=O) groups is 3. The van der Waals surface area contributed by atoms with Gasteiger partial charge in [-0.25, -0.2) is 4.79 Å². The number of hydrogen-bond acceptors (Lipinski definition) is 4. The van der Waals surface area contributed by atoms with Gasteiger partial charge in [-0.15, -0.1) is 0 Å². The van der Waals surface area contributed by atoms with Crippen LogP contribution in [0.2, 0.25) is 0 Å². The average molecular weight is 474 g/mol. The van der Waals surface area contributed by atoms with E-state index in [1.54, 1.807) is 6.20 Å². The quantitative estimate of drug-likeness (QED) is 0.399. The van der Waals surface area contributed by atoms with Crippen molar-refractivity contribution in [1.82, 2.24) is 15.6 Å². The molecule has 0 saturated heterocycles. The first kappa shape index (κ1) is 22.7. The lowest BCUT2D eigenvalue weighted by molar-refractivity contribution is -0.146. The fourth-order valence-corrected chi connectivity index (χ4v) is 4.95. The van der Waals surface area contributed by atoms with Crippen molar-refractivity contribution in [1.29, 1.82) is 0 Å². The summed E-state index contributed by atoms with van der Waals surface area (Å²) in [6.07, 6.45) is 2.12. The Bertz CT molecular complexity index is 1190. The van der Waals surface area contributed by atoms with Gasteiger partial charge in [0.2, 0.25) is 5.91 Å². The van der Waals surface area contributed by atoms with Crippen molar-refractivity contribution in [2.75, 3.05) is 6.61 Å². The van der Waals surface area contributed by atoms with E-state index in [1.807, 2.05) is 48.5 Å². The molecule has 0 bridgehead atoms. The SMILES string of the molecule is O=C(NC(Cc1ccc[nH]1)C(=O)NC1CC(C(=O)O)C1)OCC1c2ccccc2-c2ccccc21. The normalized spacial score (nSPS) is 19.1. The van der Waals surface area contributed by atoms with Gasteiger partial charge in [0, 0.05) is 30.3 Å². The van der Waals surface area contributed by atoms with Gasteiger partial charge < -0.3 is 25.5 Å². The molecule has 8 heteroatoms. The first-order valence-corrected chi connectivity index (χ1v) is 11.8. The Morgan fingerprint density at radius 3 is 2.23 bits per heavy atom. The third kappa shape index (κ3) is 4.77. The van der Waals surface area contributed by atoms with E-state index < -0.39 is 24.0 Å². The molecule has 2 aromatic carbocycles. The minimum absolute atomic E-state index is 0.0771. The summed E-state index contributed by atoms with van der Waals surface area (Å²) in [6.45, 7) is 0.152. The van der Waals surface area contributed by atoms with Gasteiger partial charge in [0.15, 0.2) is 0 Å². The van der Waals surface area contributed by atoms with Gasteiger partial charge in [0.25, 0.3) is 0 Å². The number of benzene rings is 2. The molecule has 1 fully saturated rings. The minimum atomic E-state index is -0.854. The summed E-state index contributed by atoms with van der Waals surface area (Å²) in [6, 6.07) is 18.8. The predicted octanol–water partition coefficient (Wildman–Crippen LogP) is 3.44. The summed E-state index contributed by atoms with van der Waals surface area (Å²) < 4.78 is 5.62. The third-order valence-electron chi connectivity index (χ3n) is 6.87. The van der Waals surface area contributed by atoms with Gasteiger partial charge in [0.1, 0.15) is 12.6 Å². The molecule has 8 nitrogen and oxygen atoms in total. The molecule has 1 saturated carbocycles. The molecule has 1 unspecified atom stereocenters. The largest absolute Gasteiger partial charge is 0.481 e. The monoisotopic (exact) mass is 473 g/mol. The summed E-state index contributed by atoms with van der Waals surface area (Å²) in [5, 5.41) is 14.6. The summed E-state index contributed by atoms with van der Waals surface area (Å²) in [5.74, 6) is -1.72. The highest BCUT2D eigenvalue weighted by Gasteiger charge is 2.37. The number of fused-ring (bicyclic) bond motifs is 3. The zero-order valence-corrected chi connectivity index (χ0v) is 19.1. The first-order chi connectivity index (χ1) is 17.0. The molecular weight excluding hydrogens is 446 g/mol. The molecule has 35 heavy (non-hydrogen) atoms. The number of rotatable bonds is 8. The number of carboxylic acids is 1. The molecule has 180 valence electrons. The van der Waals surface area contributed by atoms with E-state index in [0.717, 1.165) is 27.9 Å². The van der Waals surface area contributed by atoms with Crippen molar-refractivity contribution in [3.63, 3.8) is 0 Å². The molecule has 4 N–H and O–H groups in total. The lowest BCUT2D eigenvalue weighted by Gasteiger charge is -2.34. The molecular formula is C27H27N3O5. The van der Waals surface area contributed by atoms with Gasteiger partial charge in [-0.3, -0.25) is 9.59 Å². The van der Waals surface area contributed by atoms with Gasteiger partial charge in [-0.1, -0.05) is 48.5 Å². The Labute approximate surface area is 202 Å². The summed E-state index contributed by atoms with van der Waals surface area (Å²) >= 11 is 0.